The van der Waals surface area contributed by atoms with Crippen LogP contribution in [-0.4, -0.2) is 51.1 Å². The molecule has 1 aromatic carbocycles. The normalized spacial score (nSPS) is 10.5. The lowest BCUT2D eigenvalue weighted by Gasteiger charge is -2.09. The van der Waals surface area contributed by atoms with Crippen LogP contribution in [0.3, 0.4) is 0 Å². The maximum absolute atomic E-state index is 5.53. The summed E-state index contributed by atoms with van der Waals surface area (Å²) in [4.78, 5) is 0. The molecule has 0 fully saturated rings. The monoisotopic (exact) mass is 318 g/mol. The molecule has 0 N–H and O–H groups in total. The quantitative estimate of drug-likeness (QED) is 0.458. The van der Waals surface area contributed by atoms with Crippen molar-refractivity contribution in [2.24, 2.45) is 0 Å². The molecule has 0 bridgehead atoms. The van der Waals surface area contributed by atoms with Crippen LogP contribution in [0, 0.1) is 0 Å². The van der Waals surface area contributed by atoms with Gasteiger partial charge in [0.1, 0.15) is 24.7 Å². The minimum atomic E-state index is 0.533. The highest BCUT2D eigenvalue weighted by Crippen LogP contribution is 2.17. The molecule has 1 aromatic rings. The van der Waals surface area contributed by atoms with Crippen LogP contribution in [0.1, 0.15) is 0 Å². The Kier molecular flexibility index (Phi) is 10.7. The molecule has 0 atom stereocenters. The molecular weight excluding hydrogens is 296 g/mol. The van der Waals surface area contributed by atoms with Crippen molar-refractivity contribution in [3.63, 3.8) is 0 Å². The predicted molar refractivity (Wildman–Crippen MR) is 86.8 cm³/mol. The summed E-state index contributed by atoms with van der Waals surface area (Å²) in [6.45, 7) is 3.50. The van der Waals surface area contributed by atoms with E-state index in [1.807, 2.05) is 24.3 Å². The van der Waals surface area contributed by atoms with Gasteiger partial charge in [-0.2, -0.15) is 25.3 Å². The molecule has 114 valence electrons. The number of hydrogen-bond donors (Lipinski definition) is 2. The van der Waals surface area contributed by atoms with Gasteiger partial charge in [0.25, 0.3) is 0 Å². The molecule has 4 nitrogen and oxygen atoms in total. The summed E-state index contributed by atoms with van der Waals surface area (Å²) in [6.07, 6.45) is 0. The Hall–Kier alpha value is -0.560. The SMILES string of the molecule is SCCOCCOc1ccc(OCCOCCS)cc1. The number of benzene rings is 1. The number of thiol groups is 2. The van der Waals surface area contributed by atoms with Gasteiger partial charge in [0.05, 0.1) is 26.4 Å². The maximum Gasteiger partial charge on any atom is 0.119 e. The van der Waals surface area contributed by atoms with Crippen LogP contribution >= 0.6 is 25.3 Å². The van der Waals surface area contributed by atoms with Crippen molar-refractivity contribution in [2.75, 3.05) is 51.1 Å². The molecule has 20 heavy (non-hydrogen) atoms. The predicted octanol–water partition coefficient (Wildman–Crippen LogP) is 2.34. The van der Waals surface area contributed by atoms with E-state index in [9.17, 15) is 0 Å². The van der Waals surface area contributed by atoms with Gasteiger partial charge in [-0.15, -0.1) is 0 Å². The Bertz CT molecular complexity index is 299. The first-order valence-electron chi connectivity index (χ1n) is 6.59. The molecule has 1 rings (SSSR count). The van der Waals surface area contributed by atoms with Gasteiger partial charge in [0.2, 0.25) is 0 Å². The summed E-state index contributed by atoms with van der Waals surface area (Å²) >= 11 is 8.12. The van der Waals surface area contributed by atoms with E-state index in [-0.39, 0.29) is 0 Å². The summed E-state index contributed by atoms with van der Waals surface area (Å²) < 4.78 is 21.6. The van der Waals surface area contributed by atoms with Gasteiger partial charge < -0.3 is 18.9 Å². The van der Waals surface area contributed by atoms with E-state index in [4.69, 9.17) is 18.9 Å². The second-order valence-corrected chi connectivity index (χ2v) is 4.73. The molecule has 0 spiro atoms. The average Bonchev–Trinajstić information content (AvgIpc) is 2.48. The summed E-state index contributed by atoms with van der Waals surface area (Å²) in [5.41, 5.74) is 0. The zero-order valence-electron chi connectivity index (χ0n) is 11.5. The van der Waals surface area contributed by atoms with Crippen LogP contribution in [0.4, 0.5) is 0 Å². The summed E-state index contributed by atoms with van der Waals surface area (Å²) in [7, 11) is 0. The van der Waals surface area contributed by atoms with Crippen LogP contribution in [0.2, 0.25) is 0 Å². The molecule has 0 aliphatic heterocycles. The van der Waals surface area contributed by atoms with E-state index in [0.717, 1.165) is 23.0 Å². The largest absolute Gasteiger partial charge is 0.491 e. The average molecular weight is 318 g/mol. The van der Waals surface area contributed by atoms with Crippen LogP contribution in [-0.2, 0) is 9.47 Å². The Labute approximate surface area is 131 Å². The van der Waals surface area contributed by atoms with Gasteiger partial charge in [0, 0.05) is 11.5 Å². The van der Waals surface area contributed by atoms with Crippen LogP contribution in [0.15, 0.2) is 24.3 Å². The van der Waals surface area contributed by atoms with Crippen molar-refractivity contribution in [3.05, 3.63) is 24.3 Å². The maximum atomic E-state index is 5.53. The van der Waals surface area contributed by atoms with E-state index >= 15 is 0 Å². The molecule has 0 saturated carbocycles. The molecule has 0 radical (unpaired) electrons. The van der Waals surface area contributed by atoms with Gasteiger partial charge in [-0.05, 0) is 24.3 Å². The first kappa shape index (κ1) is 17.5. The van der Waals surface area contributed by atoms with Crippen molar-refractivity contribution in [3.8, 4) is 11.5 Å². The van der Waals surface area contributed by atoms with Crippen molar-refractivity contribution < 1.29 is 18.9 Å². The van der Waals surface area contributed by atoms with Crippen molar-refractivity contribution in [1.29, 1.82) is 0 Å². The molecule has 0 heterocycles. The van der Waals surface area contributed by atoms with E-state index in [1.54, 1.807) is 0 Å². The van der Waals surface area contributed by atoms with Gasteiger partial charge in [-0.25, -0.2) is 0 Å². The molecule has 0 aliphatic carbocycles. The molecular formula is C14H22O4S2. The van der Waals surface area contributed by atoms with Crippen molar-refractivity contribution >= 4 is 25.3 Å². The van der Waals surface area contributed by atoms with Gasteiger partial charge in [-0.1, -0.05) is 0 Å². The Morgan fingerprint density at radius 2 is 1.00 bits per heavy atom. The Morgan fingerprint density at radius 3 is 1.35 bits per heavy atom. The van der Waals surface area contributed by atoms with E-state index in [2.05, 4.69) is 25.3 Å². The van der Waals surface area contributed by atoms with Gasteiger partial charge in [-0.3, -0.25) is 0 Å². The fourth-order valence-corrected chi connectivity index (χ4v) is 1.66. The molecule has 0 unspecified atom stereocenters. The molecule has 0 aliphatic rings. The standard InChI is InChI=1S/C14H22O4S2/c19-11-9-15-5-7-17-13-1-2-14(4-3-13)18-8-6-16-10-12-20/h1-4,19-20H,5-12H2. The van der Waals surface area contributed by atoms with E-state index < -0.39 is 0 Å². The zero-order chi connectivity index (χ0) is 14.5. The number of ether oxygens (including phenoxy) is 4. The van der Waals surface area contributed by atoms with Crippen molar-refractivity contribution in [2.45, 2.75) is 0 Å². The Balaban J connectivity index is 2.13. The van der Waals surface area contributed by atoms with Crippen LogP contribution in [0.5, 0.6) is 11.5 Å². The molecule has 0 saturated heterocycles. The third-order valence-corrected chi connectivity index (χ3v) is 2.65. The minimum Gasteiger partial charge on any atom is -0.491 e. The first-order valence-corrected chi connectivity index (χ1v) is 7.86. The fraction of sp³-hybridized carbons (Fsp3) is 0.571. The van der Waals surface area contributed by atoms with Crippen LogP contribution in [0.25, 0.3) is 0 Å². The first-order chi connectivity index (χ1) is 9.86. The third-order valence-electron chi connectivity index (χ3n) is 2.29. The summed E-state index contributed by atoms with van der Waals surface area (Å²) in [5, 5.41) is 0. The fourth-order valence-electron chi connectivity index (χ4n) is 1.40. The zero-order valence-corrected chi connectivity index (χ0v) is 13.3. The van der Waals surface area contributed by atoms with Crippen molar-refractivity contribution in [1.82, 2.24) is 0 Å². The van der Waals surface area contributed by atoms with E-state index in [0.29, 0.717) is 39.6 Å². The lowest BCUT2D eigenvalue weighted by Crippen LogP contribution is -2.08. The number of hydrogen-bond acceptors (Lipinski definition) is 6. The highest BCUT2D eigenvalue weighted by atomic mass is 32.1. The van der Waals surface area contributed by atoms with E-state index in [1.165, 1.54) is 0 Å². The smallest absolute Gasteiger partial charge is 0.119 e. The van der Waals surface area contributed by atoms with Gasteiger partial charge in [0.15, 0.2) is 0 Å². The number of rotatable bonds is 12. The summed E-state index contributed by atoms with van der Waals surface area (Å²) in [6, 6.07) is 7.51. The van der Waals surface area contributed by atoms with Crippen LogP contribution < -0.4 is 9.47 Å². The highest BCUT2D eigenvalue weighted by Gasteiger charge is 1.97. The molecule has 0 amide bonds. The lowest BCUT2D eigenvalue weighted by atomic mass is 10.3. The molecule has 6 heteroatoms. The Morgan fingerprint density at radius 1 is 0.600 bits per heavy atom. The molecule has 0 aromatic heterocycles. The summed E-state index contributed by atoms with van der Waals surface area (Å²) in [5.74, 6) is 3.06. The second kappa shape index (κ2) is 12.2. The third kappa shape index (κ3) is 8.58. The topological polar surface area (TPSA) is 36.9 Å². The second-order valence-electron chi connectivity index (χ2n) is 3.84. The highest BCUT2D eigenvalue weighted by molar-refractivity contribution is 7.80. The van der Waals surface area contributed by atoms with Gasteiger partial charge >= 0.3 is 0 Å². The minimum absolute atomic E-state index is 0.533. The lowest BCUT2D eigenvalue weighted by molar-refractivity contribution is 0.111.